The minimum atomic E-state index is -0.000908. The first-order chi connectivity index (χ1) is 16.9. The van der Waals surface area contributed by atoms with Crippen LogP contribution in [0, 0.1) is 5.92 Å². The molecule has 1 aromatic carbocycles. The van der Waals surface area contributed by atoms with Gasteiger partial charge in [-0.1, -0.05) is 0 Å². The molecule has 1 amide bonds. The molecule has 4 heterocycles. The first kappa shape index (κ1) is 21.9. The van der Waals surface area contributed by atoms with Gasteiger partial charge in [-0.15, -0.1) is 0 Å². The van der Waals surface area contributed by atoms with Crippen LogP contribution in [0.2, 0.25) is 0 Å². The molecule has 9 nitrogen and oxygen atoms in total. The van der Waals surface area contributed by atoms with Crippen molar-refractivity contribution >= 4 is 28.0 Å². The number of carbonyl (C=O) groups is 1. The Morgan fingerprint density at radius 1 is 1.14 bits per heavy atom. The summed E-state index contributed by atoms with van der Waals surface area (Å²) in [6.07, 6.45) is 2.08. The number of methoxy groups -OCH3 is 2. The zero-order valence-electron chi connectivity index (χ0n) is 20.5. The maximum Gasteiger partial charge on any atom is 0.254 e. The molecule has 3 aromatic heterocycles. The molecule has 1 saturated heterocycles. The molecule has 1 saturated carbocycles. The van der Waals surface area contributed by atoms with Crippen LogP contribution in [0.1, 0.15) is 30.1 Å². The molecule has 9 heteroatoms. The molecule has 2 N–H and O–H groups in total. The predicted octanol–water partition coefficient (Wildman–Crippen LogP) is 3.19. The molecule has 2 bridgehead atoms. The zero-order valence-corrected chi connectivity index (χ0v) is 20.5. The number of benzene rings is 1. The normalized spacial score (nSPS) is 21.4. The van der Waals surface area contributed by atoms with E-state index in [1.165, 1.54) is 0 Å². The minimum Gasteiger partial charge on any atom is -0.494 e. The lowest BCUT2D eigenvalue weighted by Crippen LogP contribution is -2.41. The van der Waals surface area contributed by atoms with E-state index in [0.29, 0.717) is 23.1 Å². The fraction of sp³-hybridized carbons (Fsp3) is 0.423. The lowest BCUT2D eigenvalue weighted by atomic mass is 10.1. The summed E-state index contributed by atoms with van der Waals surface area (Å²) in [6, 6.07) is 9.86. The number of amides is 1. The monoisotopic (exact) mass is 474 g/mol. The van der Waals surface area contributed by atoms with Crippen molar-refractivity contribution in [1.82, 2.24) is 24.0 Å². The number of imidazole rings is 1. The van der Waals surface area contributed by atoms with Gasteiger partial charge in [0, 0.05) is 49.2 Å². The molecule has 4 aromatic rings. The zero-order chi connectivity index (χ0) is 24.4. The van der Waals surface area contributed by atoms with Gasteiger partial charge in [-0.2, -0.15) is 4.98 Å². The van der Waals surface area contributed by atoms with Crippen molar-refractivity contribution in [3.63, 3.8) is 0 Å². The van der Waals surface area contributed by atoms with Gasteiger partial charge in [0.1, 0.15) is 16.9 Å². The topological polar surface area (TPSA) is 100 Å². The Kier molecular flexibility index (Phi) is 5.00. The number of fused-ring (bicyclic) bond motifs is 4. The fourth-order valence-corrected chi connectivity index (χ4v) is 6.00. The number of hydrogen-bond donors (Lipinski definition) is 1. The first-order valence-electron chi connectivity index (χ1n) is 12.1. The number of nitrogens with two attached hydrogens (primary N) is 1. The second-order valence-electron chi connectivity index (χ2n) is 9.52. The number of nitrogens with zero attached hydrogens (tertiary/aromatic N) is 5. The van der Waals surface area contributed by atoms with Crippen LogP contribution in [0.4, 0.5) is 0 Å². The van der Waals surface area contributed by atoms with Gasteiger partial charge in [-0.05, 0) is 49.9 Å². The minimum absolute atomic E-state index is 0.000908. The second-order valence-corrected chi connectivity index (χ2v) is 9.52. The van der Waals surface area contributed by atoms with Crippen molar-refractivity contribution in [1.29, 1.82) is 0 Å². The number of ether oxygens (including phenoxy) is 2. The van der Waals surface area contributed by atoms with Crippen LogP contribution in [-0.2, 0) is 13.6 Å². The molecule has 1 aliphatic heterocycles. The van der Waals surface area contributed by atoms with Gasteiger partial charge in [0.15, 0.2) is 5.82 Å². The molecule has 3 atom stereocenters. The SMILES string of the molecule is CCn1c(-c2nc3cc(C(=O)N4C[C@H]5CC[C@@H]4[C@@H]5N)cc(OC)c3n2C)cc2ccc(OC)nc21. The van der Waals surface area contributed by atoms with Crippen molar-refractivity contribution in [2.24, 2.45) is 18.7 Å². The number of aromatic nitrogens is 4. The Morgan fingerprint density at radius 2 is 1.97 bits per heavy atom. The van der Waals surface area contributed by atoms with E-state index in [1.54, 1.807) is 14.2 Å². The van der Waals surface area contributed by atoms with Crippen molar-refractivity contribution < 1.29 is 14.3 Å². The van der Waals surface area contributed by atoms with E-state index < -0.39 is 0 Å². The van der Waals surface area contributed by atoms with Gasteiger partial charge in [0.25, 0.3) is 5.91 Å². The summed E-state index contributed by atoms with van der Waals surface area (Å²) in [5, 5.41) is 1.01. The van der Waals surface area contributed by atoms with Crippen molar-refractivity contribution in [2.45, 2.75) is 38.4 Å². The average molecular weight is 475 g/mol. The molecule has 6 rings (SSSR count). The predicted molar refractivity (Wildman–Crippen MR) is 134 cm³/mol. The van der Waals surface area contributed by atoms with Crippen LogP contribution >= 0.6 is 0 Å². The van der Waals surface area contributed by atoms with Crippen molar-refractivity contribution in [3.05, 3.63) is 35.9 Å². The van der Waals surface area contributed by atoms with Crippen molar-refractivity contribution in [2.75, 3.05) is 20.8 Å². The average Bonchev–Trinajstić information content (AvgIpc) is 3.61. The van der Waals surface area contributed by atoms with Crippen LogP contribution in [-0.4, -0.2) is 62.8 Å². The van der Waals surface area contributed by atoms with Crippen molar-refractivity contribution in [3.8, 4) is 23.1 Å². The summed E-state index contributed by atoms with van der Waals surface area (Å²) in [6.45, 7) is 3.53. The largest absolute Gasteiger partial charge is 0.494 e. The highest BCUT2D eigenvalue weighted by Crippen LogP contribution is 2.39. The molecular formula is C26H30N6O3. The molecule has 2 aliphatic rings. The van der Waals surface area contributed by atoms with Crippen LogP contribution in [0.15, 0.2) is 30.3 Å². The smallest absolute Gasteiger partial charge is 0.254 e. The van der Waals surface area contributed by atoms with E-state index in [1.807, 2.05) is 40.8 Å². The summed E-state index contributed by atoms with van der Waals surface area (Å²) >= 11 is 0. The number of aryl methyl sites for hydroxylation is 2. The van der Waals surface area contributed by atoms with Crippen LogP contribution in [0.5, 0.6) is 11.6 Å². The number of pyridine rings is 1. The van der Waals surface area contributed by atoms with E-state index in [0.717, 1.165) is 59.5 Å². The van der Waals surface area contributed by atoms with E-state index in [4.69, 9.17) is 20.2 Å². The quantitative estimate of drug-likeness (QED) is 0.477. The summed E-state index contributed by atoms with van der Waals surface area (Å²) < 4.78 is 15.2. The number of piperidine rings is 1. The van der Waals surface area contributed by atoms with Gasteiger partial charge < -0.3 is 29.2 Å². The molecule has 182 valence electrons. The van der Waals surface area contributed by atoms with Crippen LogP contribution in [0.25, 0.3) is 33.6 Å². The summed E-state index contributed by atoms with van der Waals surface area (Å²) in [7, 11) is 5.22. The highest BCUT2D eigenvalue weighted by atomic mass is 16.5. The van der Waals surface area contributed by atoms with Gasteiger partial charge in [-0.3, -0.25) is 4.79 Å². The van der Waals surface area contributed by atoms with Gasteiger partial charge in [-0.25, -0.2) is 4.98 Å². The van der Waals surface area contributed by atoms with Gasteiger partial charge in [0.05, 0.1) is 25.4 Å². The Labute approximate surface area is 203 Å². The third kappa shape index (κ3) is 3.14. The molecule has 0 unspecified atom stereocenters. The number of rotatable bonds is 5. The van der Waals surface area contributed by atoms with Gasteiger partial charge in [0.2, 0.25) is 5.88 Å². The van der Waals surface area contributed by atoms with Gasteiger partial charge >= 0.3 is 0 Å². The molecule has 0 radical (unpaired) electrons. The lowest BCUT2D eigenvalue weighted by molar-refractivity contribution is 0.0700. The molecule has 2 fully saturated rings. The summed E-state index contributed by atoms with van der Waals surface area (Å²) in [5.74, 6) is 2.38. The third-order valence-corrected chi connectivity index (χ3v) is 7.79. The third-order valence-electron chi connectivity index (χ3n) is 7.79. The van der Waals surface area contributed by atoms with E-state index in [2.05, 4.69) is 22.5 Å². The first-order valence-corrected chi connectivity index (χ1v) is 12.1. The highest BCUT2D eigenvalue weighted by Gasteiger charge is 2.47. The fourth-order valence-electron chi connectivity index (χ4n) is 6.00. The molecule has 0 spiro atoms. The second kappa shape index (κ2) is 7.98. The standard InChI is InChI=1S/C26H30N6O3/c1-5-31-19(11-14-7-9-21(35-4)29-24(14)31)25-28-17-10-16(12-20(34-3)23(17)30(25)2)26(33)32-13-15-6-8-18(32)22(15)27/h7,9-12,15,18,22H,5-6,8,13,27H2,1-4H3/t15-,18-,22-/m1/s1. The summed E-state index contributed by atoms with van der Waals surface area (Å²) in [4.78, 5) is 25.1. The Bertz CT molecular complexity index is 1470. The Morgan fingerprint density at radius 3 is 2.63 bits per heavy atom. The maximum atomic E-state index is 13.5. The number of carbonyl (C=O) groups excluding carboxylic acids is 1. The summed E-state index contributed by atoms with van der Waals surface area (Å²) in [5.41, 5.74) is 10.3. The highest BCUT2D eigenvalue weighted by molar-refractivity contribution is 6.00. The van der Waals surface area contributed by atoms with Crippen LogP contribution in [0.3, 0.4) is 0 Å². The Balaban J connectivity index is 1.47. The molecular weight excluding hydrogens is 444 g/mol. The number of hydrogen-bond acceptors (Lipinski definition) is 6. The lowest BCUT2D eigenvalue weighted by Gasteiger charge is -2.27. The van der Waals surface area contributed by atoms with Crippen LogP contribution < -0.4 is 15.2 Å². The molecule has 35 heavy (non-hydrogen) atoms. The van der Waals surface area contributed by atoms with E-state index in [-0.39, 0.29) is 18.0 Å². The maximum absolute atomic E-state index is 13.5. The van der Waals surface area contributed by atoms with E-state index in [9.17, 15) is 4.79 Å². The molecule has 1 aliphatic carbocycles. The number of likely N-dealkylation sites (tertiary alicyclic amines) is 1. The van der Waals surface area contributed by atoms with E-state index >= 15 is 0 Å². The Hall–Kier alpha value is -3.59.